The number of rotatable bonds is 3. The molecule has 0 bridgehead atoms. The molecule has 0 radical (unpaired) electrons. The van der Waals surface area contributed by atoms with Gasteiger partial charge >= 0.3 is 0 Å². The molecule has 4 N–H and O–H groups in total. The van der Waals surface area contributed by atoms with Crippen LogP contribution >= 0.6 is 0 Å². The number of hydrogen-bond acceptors (Lipinski definition) is 4. The number of primary amides is 1. The van der Waals surface area contributed by atoms with Crippen molar-refractivity contribution in [2.24, 2.45) is 5.73 Å². The molecule has 0 aromatic heterocycles. The molecule has 1 aliphatic heterocycles. The highest BCUT2D eigenvalue weighted by Crippen LogP contribution is 2.29. The van der Waals surface area contributed by atoms with Crippen LogP contribution in [0.15, 0.2) is 18.2 Å². The predicted octanol–water partition coefficient (Wildman–Crippen LogP) is 1.37. The van der Waals surface area contributed by atoms with Crippen molar-refractivity contribution in [3.63, 3.8) is 0 Å². The number of carbonyl (C=O) groups is 1. The number of anilines is 2. The zero-order valence-corrected chi connectivity index (χ0v) is 11.5. The summed E-state index contributed by atoms with van der Waals surface area (Å²) in [6.45, 7) is 3.85. The Hall–Kier alpha value is -1.75. The van der Waals surface area contributed by atoms with Gasteiger partial charge < -0.3 is 21.1 Å². The van der Waals surface area contributed by atoms with E-state index in [-0.39, 0.29) is 5.60 Å². The molecule has 19 heavy (non-hydrogen) atoms. The maximum absolute atomic E-state index is 11.3. The van der Waals surface area contributed by atoms with Crippen LogP contribution in [-0.4, -0.2) is 31.7 Å². The minimum atomic E-state index is -0.495. The first-order chi connectivity index (χ1) is 8.95. The van der Waals surface area contributed by atoms with Crippen molar-refractivity contribution in [3.05, 3.63) is 23.8 Å². The molecule has 1 heterocycles. The molecule has 0 aliphatic carbocycles. The number of nitrogen functional groups attached to an aromatic ring is 1. The maximum Gasteiger partial charge on any atom is 0.250 e. The van der Waals surface area contributed by atoms with Crippen molar-refractivity contribution in [2.75, 3.05) is 30.8 Å². The van der Waals surface area contributed by atoms with Crippen molar-refractivity contribution in [1.82, 2.24) is 0 Å². The summed E-state index contributed by atoms with van der Waals surface area (Å²) in [4.78, 5) is 13.5. The highest BCUT2D eigenvalue weighted by atomic mass is 16.5. The molecule has 1 aromatic rings. The molecule has 1 aliphatic rings. The second-order valence-electron chi connectivity index (χ2n) is 5.31. The second-order valence-corrected chi connectivity index (χ2v) is 5.31. The first kappa shape index (κ1) is 13.7. The van der Waals surface area contributed by atoms with E-state index in [1.165, 1.54) is 0 Å². The van der Waals surface area contributed by atoms with Crippen LogP contribution < -0.4 is 16.4 Å². The van der Waals surface area contributed by atoms with Crippen LogP contribution in [0.3, 0.4) is 0 Å². The van der Waals surface area contributed by atoms with Crippen molar-refractivity contribution < 1.29 is 9.53 Å². The first-order valence-electron chi connectivity index (χ1n) is 6.45. The Morgan fingerprint density at radius 3 is 2.84 bits per heavy atom. The van der Waals surface area contributed by atoms with Crippen LogP contribution in [0.1, 0.15) is 30.1 Å². The second kappa shape index (κ2) is 5.09. The van der Waals surface area contributed by atoms with Gasteiger partial charge in [0.25, 0.3) is 5.91 Å². The number of nitrogens with zero attached hydrogens (tertiary/aromatic N) is 1. The molecule has 5 nitrogen and oxygen atoms in total. The highest BCUT2D eigenvalue weighted by Gasteiger charge is 2.31. The fourth-order valence-electron chi connectivity index (χ4n) is 2.55. The third kappa shape index (κ3) is 2.81. The van der Waals surface area contributed by atoms with Crippen LogP contribution in [0, 0.1) is 0 Å². The summed E-state index contributed by atoms with van der Waals surface area (Å²) in [5, 5.41) is 0. The third-order valence-corrected chi connectivity index (χ3v) is 3.82. The molecule has 0 saturated carbocycles. The van der Waals surface area contributed by atoms with Gasteiger partial charge in [-0.25, -0.2) is 0 Å². The van der Waals surface area contributed by atoms with Gasteiger partial charge in [0.15, 0.2) is 0 Å². The van der Waals surface area contributed by atoms with E-state index in [2.05, 4.69) is 11.8 Å². The average molecular weight is 263 g/mol. The minimum absolute atomic E-state index is 0.146. The molecule has 0 spiro atoms. The normalized spacial score (nSPS) is 23.4. The summed E-state index contributed by atoms with van der Waals surface area (Å²) in [6, 6.07) is 5.41. The average Bonchev–Trinajstić information content (AvgIpc) is 2.39. The number of piperidine rings is 1. The summed E-state index contributed by atoms with van der Waals surface area (Å²) in [6.07, 6.45) is 2.10. The number of carbonyl (C=O) groups excluding carboxylic acids is 1. The fraction of sp³-hybridized carbons (Fsp3) is 0.500. The lowest BCUT2D eigenvalue weighted by Gasteiger charge is -2.40. The van der Waals surface area contributed by atoms with E-state index in [1.807, 2.05) is 6.07 Å². The summed E-state index contributed by atoms with van der Waals surface area (Å²) in [5.41, 5.74) is 12.7. The molecule has 1 atom stereocenters. The molecule has 5 heteroatoms. The van der Waals surface area contributed by atoms with Gasteiger partial charge in [-0.3, -0.25) is 4.79 Å². The van der Waals surface area contributed by atoms with Gasteiger partial charge in [0, 0.05) is 31.6 Å². The summed E-state index contributed by atoms with van der Waals surface area (Å²) >= 11 is 0. The molecule has 2 rings (SSSR count). The van der Waals surface area contributed by atoms with Gasteiger partial charge in [-0.1, -0.05) is 0 Å². The van der Waals surface area contributed by atoms with Crippen molar-refractivity contribution in [2.45, 2.75) is 25.4 Å². The highest BCUT2D eigenvalue weighted by molar-refractivity contribution is 5.99. The van der Waals surface area contributed by atoms with Gasteiger partial charge in [0.05, 0.1) is 11.2 Å². The van der Waals surface area contributed by atoms with E-state index in [0.717, 1.165) is 31.6 Å². The molecular weight excluding hydrogens is 242 g/mol. The summed E-state index contributed by atoms with van der Waals surface area (Å²) < 4.78 is 5.57. The third-order valence-electron chi connectivity index (χ3n) is 3.82. The number of amides is 1. The zero-order valence-electron chi connectivity index (χ0n) is 11.5. The Kier molecular flexibility index (Phi) is 3.66. The summed E-state index contributed by atoms with van der Waals surface area (Å²) in [5.74, 6) is -0.495. The lowest BCUT2D eigenvalue weighted by atomic mass is 9.94. The first-order valence-corrected chi connectivity index (χ1v) is 6.45. The lowest BCUT2D eigenvalue weighted by molar-refractivity contribution is -0.00465. The lowest BCUT2D eigenvalue weighted by Crippen LogP contribution is -2.47. The maximum atomic E-state index is 11.3. The Labute approximate surface area is 113 Å². The van der Waals surface area contributed by atoms with Crippen LogP contribution in [-0.2, 0) is 4.74 Å². The molecule has 104 valence electrons. The number of hydrogen-bond donors (Lipinski definition) is 2. The summed E-state index contributed by atoms with van der Waals surface area (Å²) in [7, 11) is 1.74. The monoisotopic (exact) mass is 263 g/mol. The fourth-order valence-corrected chi connectivity index (χ4v) is 2.55. The van der Waals surface area contributed by atoms with Gasteiger partial charge in [-0.05, 0) is 38.0 Å². The van der Waals surface area contributed by atoms with E-state index in [4.69, 9.17) is 16.2 Å². The molecule has 1 aromatic carbocycles. The van der Waals surface area contributed by atoms with Gasteiger partial charge in [0.1, 0.15) is 0 Å². The largest absolute Gasteiger partial charge is 0.398 e. The van der Waals surface area contributed by atoms with Crippen LogP contribution in [0.2, 0.25) is 0 Å². The van der Waals surface area contributed by atoms with Gasteiger partial charge in [0.2, 0.25) is 0 Å². The van der Waals surface area contributed by atoms with Gasteiger partial charge in [-0.15, -0.1) is 0 Å². The van der Waals surface area contributed by atoms with Gasteiger partial charge in [-0.2, -0.15) is 0 Å². The van der Waals surface area contributed by atoms with Crippen LogP contribution in [0.25, 0.3) is 0 Å². The Morgan fingerprint density at radius 2 is 2.21 bits per heavy atom. The number of nitrogens with two attached hydrogens (primary N) is 2. The van der Waals surface area contributed by atoms with E-state index < -0.39 is 5.91 Å². The SMILES string of the molecule is COC1(C)CCCN(c2ccc(N)c(C(N)=O)c2)C1. The van der Waals surface area contributed by atoms with Crippen molar-refractivity contribution >= 4 is 17.3 Å². The predicted molar refractivity (Wildman–Crippen MR) is 76.2 cm³/mol. The van der Waals surface area contributed by atoms with Crippen molar-refractivity contribution in [3.8, 4) is 0 Å². The smallest absolute Gasteiger partial charge is 0.250 e. The topological polar surface area (TPSA) is 81.6 Å². The van der Waals surface area contributed by atoms with Crippen LogP contribution in [0.5, 0.6) is 0 Å². The number of benzene rings is 1. The van der Waals surface area contributed by atoms with E-state index in [1.54, 1.807) is 19.2 Å². The molecule has 1 saturated heterocycles. The molecule has 1 unspecified atom stereocenters. The standard InChI is InChI=1S/C14H21N3O2/c1-14(19-2)6-3-7-17(9-14)10-4-5-12(15)11(8-10)13(16)18/h4-5,8H,3,6-7,9,15H2,1-2H3,(H2,16,18). The van der Waals surface area contributed by atoms with Crippen LogP contribution in [0.4, 0.5) is 11.4 Å². The molecule has 1 amide bonds. The van der Waals surface area contributed by atoms with E-state index in [9.17, 15) is 4.79 Å². The molecule has 1 fully saturated rings. The van der Waals surface area contributed by atoms with E-state index >= 15 is 0 Å². The Balaban J connectivity index is 2.27. The quantitative estimate of drug-likeness (QED) is 0.807. The minimum Gasteiger partial charge on any atom is -0.398 e. The van der Waals surface area contributed by atoms with Crippen molar-refractivity contribution in [1.29, 1.82) is 0 Å². The van der Waals surface area contributed by atoms with E-state index in [0.29, 0.717) is 11.3 Å². The number of methoxy groups -OCH3 is 1. The zero-order chi connectivity index (χ0) is 14.0. The Bertz CT molecular complexity index is 490. The molecular formula is C14H21N3O2. The number of ether oxygens (including phenoxy) is 1. The Morgan fingerprint density at radius 1 is 1.47 bits per heavy atom.